The average Bonchev–Trinajstić information content (AvgIpc) is 2.08. The van der Waals surface area contributed by atoms with Crippen molar-refractivity contribution in [3.63, 3.8) is 0 Å². The summed E-state index contributed by atoms with van der Waals surface area (Å²) in [4.78, 5) is 7.71. The van der Waals surface area contributed by atoms with Crippen molar-refractivity contribution in [3.8, 4) is 5.88 Å². The third kappa shape index (κ3) is 1.95. The van der Waals surface area contributed by atoms with E-state index in [1.165, 1.54) is 6.33 Å². The van der Waals surface area contributed by atoms with Gasteiger partial charge in [0.15, 0.2) is 0 Å². The van der Waals surface area contributed by atoms with Crippen LogP contribution in [0.4, 0.5) is 0 Å². The Hall–Kier alpha value is -1.09. The molecule has 0 aliphatic carbocycles. The second-order valence-corrected chi connectivity index (χ2v) is 2.55. The molecule has 0 aromatic carbocycles. The summed E-state index contributed by atoms with van der Waals surface area (Å²) in [6.45, 7) is 5.76. The highest BCUT2D eigenvalue weighted by Gasteiger charge is 2.04. The molecule has 4 heteroatoms. The van der Waals surface area contributed by atoms with Crippen LogP contribution in [-0.4, -0.2) is 16.6 Å². The van der Waals surface area contributed by atoms with Crippen molar-refractivity contribution < 1.29 is 4.74 Å². The summed E-state index contributed by atoms with van der Waals surface area (Å²) in [6, 6.07) is 0. The molecule has 0 atom stereocenters. The largest absolute Gasteiger partial charge is 0.473 e. The zero-order chi connectivity index (χ0) is 8.97. The Bertz CT molecular complexity index is 288. The Balaban J connectivity index is 2.84. The van der Waals surface area contributed by atoms with Gasteiger partial charge in [-0.2, -0.15) is 0 Å². The molecule has 0 saturated heterocycles. The first-order valence-corrected chi connectivity index (χ1v) is 3.84. The summed E-state index contributed by atoms with van der Waals surface area (Å²) in [7, 11) is 0. The lowest BCUT2D eigenvalue weighted by Crippen LogP contribution is -1.98. The van der Waals surface area contributed by atoms with Crippen LogP contribution in [0.5, 0.6) is 5.88 Å². The Morgan fingerprint density at radius 2 is 2.42 bits per heavy atom. The summed E-state index contributed by atoms with van der Waals surface area (Å²) in [5.74, 6) is 0.509. The number of ether oxygens (including phenoxy) is 1. The zero-order valence-electron chi connectivity index (χ0n) is 6.75. The van der Waals surface area contributed by atoms with Gasteiger partial charge >= 0.3 is 0 Å². The van der Waals surface area contributed by atoms with Gasteiger partial charge in [0.1, 0.15) is 18.1 Å². The highest BCUT2D eigenvalue weighted by atomic mass is 35.5. The van der Waals surface area contributed by atoms with Crippen molar-refractivity contribution in [3.05, 3.63) is 29.7 Å². The molecule has 0 aliphatic rings. The number of rotatable bonds is 3. The van der Waals surface area contributed by atoms with Crippen LogP contribution in [-0.2, 0) is 0 Å². The van der Waals surface area contributed by atoms with E-state index in [1.54, 1.807) is 13.0 Å². The van der Waals surface area contributed by atoms with Crippen LogP contribution in [0.2, 0.25) is 5.15 Å². The Labute approximate surface area is 76.1 Å². The summed E-state index contributed by atoms with van der Waals surface area (Å²) < 4.78 is 5.21. The van der Waals surface area contributed by atoms with E-state index in [2.05, 4.69) is 16.5 Å². The fourth-order valence-corrected chi connectivity index (χ4v) is 0.822. The SMILES string of the molecule is C=CCOc1ncnc(Cl)c1C. The quantitative estimate of drug-likeness (QED) is 0.533. The zero-order valence-corrected chi connectivity index (χ0v) is 7.51. The molecule has 0 fully saturated rings. The molecular weight excluding hydrogens is 176 g/mol. The van der Waals surface area contributed by atoms with Gasteiger partial charge in [0, 0.05) is 5.56 Å². The van der Waals surface area contributed by atoms with E-state index in [0.717, 1.165) is 5.56 Å². The van der Waals surface area contributed by atoms with Gasteiger partial charge in [0.05, 0.1) is 0 Å². The molecule has 0 radical (unpaired) electrons. The molecule has 64 valence electrons. The molecule has 0 aliphatic heterocycles. The number of hydrogen-bond acceptors (Lipinski definition) is 3. The van der Waals surface area contributed by atoms with Crippen molar-refractivity contribution in [2.45, 2.75) is 6.92 Å². The van der Waals surface area contributed by atoms with Crippen LogP contribution in [0.25, 0.3) is 0 Å². The fraction of sp³-hybridized carbons (Fsp3) is 0.250. The van der Waals surface area contributed by atoms with Gasteiger partial charge < -0.3 is 4.74 Å². The van der Waals surface area contributed by atoms with Gasteiger partial charge in [-0.25, -0.2) is 9.97 Å². The predicted molar refractivity (Wildman–Crippen MR) is 47.5 cm³/mol. The standard InChI is InChI=1S/C8H9ClN2O/c1-3-4-12-8-6(2)7(9)10-5-11-8/h3,5H,1,4H2,2H3. The highest BCUT2D eigenvalue weighted by molar-refractivity contribution is 6.30. The molecule has 3 nitrogen and oxygen atoms in total. The predicted octanol–water partition coefficient (Wildman–Crippen LogP) is 2.00. The molecule has 12 heavy (non-hydrogen) atoms. The topological polar surface area (TPSA) is 35.0 Å². The van der Waals surface area contributed by atoms with Crippen molar-refractivity contribution >= 4 is 11.6 Å². The van der Waals surface area contributed by atoms with Crippen LogP contribution < -0.4 is 4.74 Å². The van der Waals surface area contributed by atoms with Crippen LogP contribution in [0.3, 0.4) is 0 Å². The number of hydrogen-bond donors (Lipinski definition) is 0. The smallest absolute Gasteiger partial charge is 0.221 e. The molecule has 0 N–H and O–H groups in total. The van der Waals surface area contributed by atoms with Crippen LogP contribution in [0, 0.1) is 6.92 Å². The van der Waals surface area contributed by atoms with Gasteiger partial charge in [-0.05, 0) is 6.92 Å². The second-order valence-electron chi connectivity index (χ2n) is 2.19. The van der Waals surface area contributed by atoms with Gasteiger partial charge in [0.2, 0.25) is 5.88 Å². The van der Waals surface area contributed by atoms with Crippen LogP contribution in [0.1, 0.15) is 5.56 Å². The first kappa shape index (κ1) is 9.00. The van der Waals surface area contributed by atoms with Crippen molar-refractivity contribution in [1.82, 2.24) is 9.97 Å². The molecule has 0 amide bonds. The van der Waals surface area contributed by atoms with E-state index in [4.69, 9.17) is 16.3 Å². The summed E-state index contributed by atoms with van der Waals surface area (Å²) in [5.41, 5.74) is 0.751. The van der Waals surface area contributed by atoms with E-state index in [9.17, 15) is 0 Å². The number of halogens is 1. The first-order valence-electron chi connectivity index (χ1n) is 3.46. The lowest BCUT2D eigenvalue weighted by Gasteiger charge is -2.04. The number of nitrogens with zero attached hydrogens (tertiary/aromatic N) is 2. The van der Waals surface area contributed by atoms with Gasteiger partial charge in [-0.3, -0.25) is 0 Å². The molecular formula is C8H9ClN2O. The van der Waals surface area contributed by atoms with Crippen molar-refractivity contribution in [1.29, 1.82) is 0 Å². The highest BCUT2D eigenvalue weighted by Crippen LogP contribution is 2.19. The van der Waals surface area contributed by atoms with Crippen LogP contribution >= 0.6 is 11.6 Å². The molecule has 1 heterocycles. The molecule has 1 aromatic rings. The van der Waals surface area contributed by atoms with Crippen molar-refractivity contribution in [2.75, 3.05) is 6.61 Å². The molecule has 0 bridgehead atoms. The lowest BCUT2D eigenvalue weighted by atomic mass is 10.4. The second kappa shape index (κ2) is 4.07. The maximum absolute atomic E-state index is 5.74. The van der Waals surface area contributed by atoms with Crippen molar-refractivity contribution in [2.24, 2.45) is 0 Å². The lowest BCUT2D eigenvalue weighted by molar-refractivity contribution is 0.345. The minimum atomic E-state index is 0.420. The molecule has 0 unspecified atom stereocenters. The summed E-state index contributed by atoms with van der Waals surface area (Å²) in [6.07, 6.45) is 3.02. The monoisotopic (exact) mass is 184 g/mol. The third-order valence-corrected chi connectivity index (χ3v) is 1.70. The summed E-state index contributed by atoms with van der Waals surface area (Å²) in [5, 5.41) is 0.420. The summed E-state index contributed by atoms with van der Waals surface area (Å²) >= 11 is 5.74. The van der Waals surface area contributed by atoms with E-state index in [0.29, 0.717) is 17.6 Å². The van der Waals surface area contributed by atoms with Gasteiger partial charge in [0.25, 0.3) is 0 Å². The molecule has 0 saturated carbocycles. The van der Waals surface area contributed by atoms with Crippen LogP contribution in [0.15, 0.2) is 19.0 Å². The fourth-order valence-electron chi connectivity index (χ4n) is 0.697. The number of aromatic nitrogens is 2. The van der Waals surface area contributed by atoms with Gasteiger partial charge in [-0.1, -0.05) is 24.3 Å². The van der Waals surface area contributed by atoms with E-state index >= 15 is 0 Å². The molecule has 1 aromatic heterocycles. The maximum atomic E-state index is 5.74. The van der Waals surface area contributed by atoms with E-state index in [-0.39, 0.29) is 0 Å². The maximum Gasteiger partial charge on any atom is 0.221 e. The minimum absolute atomic E-state index is 0.420. The van der Waals surface area contributed by atoms with Gasteiger partial charge in [-0.15, -0.1) is 0 Å². The molecule has 0 spiro atoms. The average molecular weight is 185 g/mol. The Kier molecular flexibility index (Phi) is 3.05. The molecule has 1 rings (SSSR count). The van der Waals surface area contributed by atoms with E-state index in [1.807, 2.05) is 0 Å². The minimum Gasteiger partial charge on any atom is -0.473 e. The normalized spacial score (nSPS) is 9.50. The first-order chi connectivity index (χ1) is 5.75. The Morgan fingerprint density at radius 3 is 3.08 bits per heavy atom. The third-order valence-electron chi connectivity index (χ3n) is 1.31. The Morgan fingerprint density at radius 1 is 1.67 bits per heavy atom. The van der Waals surface area contributed by atoms with E-state index < -0.39 is 0 Å².